The molecule has 1 aliphatic heterocycles. The van der Waals surface area contributed by atoms with E-state index in [2.05, 4.69) is 19.2 Å². The molecule has 1 heterocycles. The summed E-state index contributed by atoms with van der Waals surface area (Å²) in [6.45, 7) is 3.58. The first-order valence-electron chi connectivity index (χ1n) is 11.6. The maximum atomic E-state index is 13.5. The number of nitrogens with zero attached hydrogens (tertiary/aromatic N) is 2. The highest BCUT2D eigenvalue weighted by Gasteiger charge is 2.43. The number of anilines is 1. The van der Waals surface area contributed by atoms with E-state index >= 15 is 0 Å². The van der Waals surface area contributed by atoms with Gasteiger partial charge >= 0.3 is 0 Å². The van der Waals surface area contributed by atoms with Crippen LogP contribution in [0.2, 0.25) is 0 Å². The second-order valence-electron chi connectivity index (χ2n) is 8.89. The van der Waals surface area contributed by atoms with E-state index in [4.69, 9.17) is 0 Å². The Bertz CT molecular complexity index is 1410. The first-order chi connectivity index (χ1) is 17.1. The van der Waals surface area contributed by atoms with Crippen molar-refractivity contribution in [2.24, 2.45) is 0 Å². The van der Waals surface area contributed by atoms with Crippen molar-refractivity contribution in [2.75, 3.05) is 25.0 Å². The van der Waals surface area contributed by atoms with Gasteiger partial charge < -0.3 is 5.32 Å². The minimum absolute atomic E-state index is 0.0449. The van der Waals surface area contributed by atoms with Crippen molar-refractivity contribution in [2.45, 2.75) is 35.6 Å². The van der Waals surface area contributed by atoms with Gasteiger partial charge in [0.1, 0.15) is 6.04 Å². The standard InChI is InChI=1S/C26H29N3O5S2/c1-20(2)21-13-15-22(16-14-21)27-26(30)25-19-28(35(31,32)23-9-5-3-6-10-23)17-18-29(25)36(33,34)24-11-7-4-8-12-24/h3-16,20,25H,17-19H2,1-2H3,(H,27,30). The predicted molar refractivity (Wildman–Crippen MR) is 138 cm³/mol. The topological polar surface area (TPSA) is 104 Å². The zero-order valence-electron chi connectivity index (χ0n) is 20.1. The molecule has 36 heavy (non-hydrogen) atoms. The Hall–Kier alpha value is -3.05. The molecular weight excluding hydrogens is 498 g/mol. The largest absolute Gasteiger partial charge is 0.325 e. The molecule has 1 unspecified atom stereocenters. The Labute approximate surface area is 212 Å². The third-order valence-electron chi connectivity index (χ3n) is 6.17. The van der Waals surface area contributed by atoms with Gasteiger partial charge in [-0.05, 0) is 47.9 Å². The average molecular weight is 528 g/mol. The van der Waals surface area contributed by atoms with Gasteiger partial charge in [0.05, 0.1) is 9.79 Å². The molecule has 0 saturated carbocycles. The summed E-state index contributed by atoms with van der Waals surface area (Å²) in [5, 5.41) is 2.78. The number of carbonyl (C=O) groups excluding carboxylic acids is 1. The lowest BCUT2D eigenvalue weighted by molar-refractivity contribution is -0.120. The molecule has 0 bridgehead atoms. The molecule has 3 aromatic carbocycles. The van der Waals surface area contributed by atoms with Crippen molar-refractivity contribution >= 4 is 31.6 Å². The van der Waals surface area contributed by atoms with E-state index in [1.165, 1.54) is 28.6 Å². The molecule has 1 saturated heterocycles. The molecular formula is C26H29N3O5S2. The van der Waals surface area contributed by atoms with Crippen LogP contribution >= 0.6 is 0 Å². The highest BCUT2D eigenvalue weighted by atomic mass is 32.2. The van der Waals surface area contributed by atoms with E-state index in [1.54, 1.807) is 48.5 Å². The zero-order valence-corrected chi connectivity index (χ0v) is 21.7. The van der Waals surface area contributed by atoms with E-state index in [1.807, 2.05) is 12.1 Å². The first kappa shape index (κ1) is 26.0. The second kappa shape index (κ2) is 10.5. The quantitative estimate of drug-likeness (QED) is 0.506. The Morgan fingerprint density at radius 2 is 1.31 bits per heavy atom. The molecule has 190 valence electrons. The van der Waals surface area contributed by atoms with Gasteiger partial charge in [-0.3, -0.25) is 4.79 Å². The summed E-state index contributed by atoms with van der Waals surface area (Å²) in [6.07, 6.45) is 0. The van der Waals surface area contributed by atoms with E-state index < -0.39 is 32.0 Å². The maximum Gasteiger partial charge on any atom is 0.244 e. The van der Waals surface area contributed by atoms with Gasteiger partial charge in [-0.25, -0.2) is 16.8 Å². The minimum Gasteiger partial charge on any atom is -0.325 e. The van der Waals surface area contributed by atoms with Crippen LogP contribution in [-0.2, 0) is 24.8 Å². The second-order valence-corrected chi connectivity index (χ2v) is 12.7. The molecule has 0 spiro atoms. The van der Waals surface area contributed by atoms with Crippen LogP contribution in [0.3, 0.4) is 0 Å². The van der Waals surface area contributed by atoms with E-state index in [0.717, 1.165) is 9.87 Å². The third-order valence-corrected chi connectivity index (χ3v) is 9.97. The number of carbonyl (C=O) groups is 1. The maximum absolute atomic E-state index is 13.5. The summed E-state index contributed by atoms with van der Waals surface area (Å²) < 4.78 is 55.8. The van der Waals surface area contributed by atoms with Gasteiger partial charge in [-0.1, -0.05) is 62.4 Å². The normalized spacial score (nSPS) is 17.7. The Morgan fingerprint density at radius 1 is 0.778 bits per heavy atom. The molecule has 10 heteroatoms. The number of hydrogen-bond donors (Lipinski definition) is 1. The van der Waals surface area contributed by atoms with Gasteiger partial charge in [0.15, 0.2) is 0 Å². The number of benzene rings is 3. The molecule has 3 aromatic rings. The molecule has 1 aliphatic rings. The van der Waals surface area contributed by atoms with E-state index in [-0.39, 0.29) is 29.4 Å². The lowest BCUT2D eigenvalue weighted by atomic mass is 10.0. The van der Waals surface area contributed by atoms with Gasteiger partial charge in [0, 0.05) is 25.3 Å². The third kappa shape index (κ3) is 5.36. The fourth-order valence-corrected chi connectivity index (χ4v) is 7.16. The van der Waals surface area contributed by atoms with Crippen LogP contribution in [0.5, 0.6) is 0 Å². The molecule has 0 radical (unpaired) electrons. The van der Waals surface area contributed by atoms with Gasteiger partial charge in [0.2, 0.25) is 26.0 Å². The fraction of sp³-hybridized carbons (Fsp3) is 0.269. The van der Waals surface area contributed by atoms with Crippen LogP contribution in [0, 0.1) is 0 Å². The Morgan fingerprint density at radius 3 is 1.83 bits per heavy atom. The Balaban J connectivity index is 1.66. The van der Waals surface area contributed by atoms with Crippen LogP contribution in [0.1, 0.15) is 25.3 Å². The Kier molecular flexibility index (Phi) is 7.60. The fourth-order valence-electron chi connectivity index (χ4n) is 4.11. The van der Waals surface area contributed by atoms with Crippen molar-refractivity contribution in [1.29, 1.82) is 0 Å². The highest BCUT2D eigenvalue weighted by Crippen LogP contribution is 2.26. The van der Waals surface area contributed by atoms with Crippen LogP contribution in [0.4, 0.5) is 5.69 Å². The summed E-state index contributed by atoms with van der Waals surface area (Å²) in [7, 11) is -7.97. The zero-order chi connectivity index (χ0) is 25.9. The number of piperazine rings is 1. The van der Waals surface area contributed by atoms with E-state index in [9.17, 15) is 21.6 Å². The van der Waals surface area contributed by atoms with Crippen LogP contribution in [-0.4, -0.2) is 57.0 Å². The van der Waals surface area contributed by atoms with Crippen molar-refractivity contribution in [1.82, 2.24) is 8.61 Å². The van der Waals surface area contributed by atoms with Gasteiger partial charge in [0.25, 0.3) is 0 Å². The van der Waals surface area contributed by atoms with Crippen LogP contribution in [0.15, 0.2) is 94.7 Å². The van der Waals surface area contributed by atoms with Crippen LogP contribution < -0.4 is 5.32 Å². The number of hydrogen-bond acceptors (Lipinski definition) is 5. The molecule has 1 atom stereocenters. The summed E-state index contributed by atoms with van der Waals surface area (Å²) in [5.74, 6) is -0.281. The van der Waals surface area contributed by atoms with Crippen molar-refractivity contribution in [3.8, 4) is 0 Å². The average Bonchev–Trinajstić information content (AvgIpc) is 2.89. The molecule has 4 rings (SSSR count). The summed E-state index contributed by atoms with van der Waals surface area (Å²) in [5.41, 5.74) is 1.60. The molecule has 0 aromatic heterocycles. The smallest absolute Gasteiger partial charge is 0.244 e. The first-order valence-corrected chi connectivity index (χ1v) is 14.5. The van der Waals surface area contributed by atoms with Gasteiger partial charge in [-0.15, -0.1) is 0 Å². The molecule has 8 nitrogen and oxygen atoms in total. The number of amides is 1. The minimum atomic E-state index is -4.05. The van der Waals surface area contributed by atoms with Crippen LogP contribution in [0.25, 0.3) is 0 Å². The molecule has 1 fully saturated rings. The predicted octanol–water partition coefficient (Wildman–Crippen LogP) is 3.51. The molecule has 0 aliphatic carbocycles. The SMILES string of the molecule is CC(C)c1ccc(NC(=O)C2CN(S(=O)(=O)c3ccccc3)CCN2S(=O)(=O)c2ccccc2)cc1. The number of rotatable bonds is 7. The number of sulfonamides is 2. The molecule has 1 N–H and O–H groups in total. The summed E-state index contributed by atoms with van der Waals surface area (Å²) >= 11 is 0. The number of nitrogens with one attached hydrogen (secondary N) is 1. The summed E-state index contributed by atoms with van der Waals surface area (Å²) in [4.78, 5) is 13.6. The van der Waals surface area contributed by atoms with Crippen molar-refractivity contribution < 1.29 is 21.6 Å². The lowest BCUT2D eigenvalue weighted by Gasteiger charge is -2.38. The highest BCUT2D eigenvalue weighted by molar-refractivity contribution is 7.89. The van der Waals surface area contributed by atoms with Crippen molar-refractivity contribution in [3.05, 3.63) is 90.5 Å². The monoisotopic (exact) mass is 527 g/mol. The van der Waals surface area contributed by atoms with Gasteiger partial charge in [-0.2, -0.15) is 8.61 Å². The van der Waals surface area contributed by atoms with E-state index in [0.29, 0.717) is 11.6 Å². The van der Waals surface area contributed by atoms with Crippen molar-refractivity contribution in [3.63, 3.8) is 0 Å². The lowest BCUT2D eigenvalue weighted by Crippen LogP contribution is -2.60. The summed E-state index contributed by atoms with van der Waals surface area (Å²) in [6, 6.07) is 21.8. The molecule has 1 amide bonds.